The van der Waals surface area contributed by atoms with Crippen LogP contribution in [0.5, 0.6) is 11.6 Å². The van der Waals surface area contributed by atoms with Crippen molar-refractivity contribution in [3.8, 4) is 11.6 Å². The molecule has 28 heavy (non-hydrogen) atoms. The van der Waals surface area contributed by atoms with Crippen molar-refractivity contribution in [3.05, 3.63) is 59.8 Å². The zero-order valence-electron chi connectivity index (χ0n) is 17.1. The van der Waals surface area contributed by atoms with Gasteiger partial charge in [0.1, 0.15) is 11.9 Å². The van der Waals surface area contributed by atoms with Crippen molar-refractivity contribution in [3.63, 3.8) is 0 Å². The summed E-state index contributed by atoms with van der Waals surface area (Å²) in [5.41, 5.74) is 2.81. The van der Waals surface area contributed by atoms with Crippen molar-refractivity contribution in [2.45, 2.75) is 33.8 Å². The van der Waals surface area contributed by atoms with Crippen LogP contribution in [0.4, 0.5) is 5.69 Å². The third kappa shape index (κ3) is 5.67. The maximum atomic E-state index is 12.2. The number of esters is 1. The highest BCUT2D eigenvalue weighted by atomic mass is 16.5. The first-order valence-electron chi connectivity index (χ1n) is 9.18. The van der Waals surface area contributed by atoms with Gasteiger partial charge in [-0.1, -0.05) is 18.7 Å². The molecule has 1 aromatic carbocycles. The molecule has 1 unspecified atom stereocenters. The van der Waals surface area contributed by atoms with E-state index < -0.39 is 5.97 Å². The van der Waals surface area contributed by atoms with Gasteiger partial charge in [-0.25, -0.2) is 14.8 Å². The molecular weight excluding hydrogens is 354 g/mol. The summed E-state index contributed by atoms with van der Waals surface area (Å²) in [7, 11) is 1.96. The Labute approximate surface area is 166 Å². The van der Waals surface area contributed by atoms with E-state index in [2.05, 4.69) is 23.5 Å². The van der Waals surface area contributed by atoms with Gasteiger partial charge in [-0.15, -0.1) is 0 Å². The summed E-state index contributed by atoms with van der Waals surface area (Å²) in [6.45, 7) is 12.1. The van der Waals surface area contributed by atoms with Crippen LogP contribution in [-0.2, 0) is 4.74 Å². The van der Waals surface area contributed by atoms with Gasteiger partial charge in [0.2, 0.25) is 5.88 Å². The summed E-state index contributed by atoms with van der Waals surface area (Å²) in [5, 5.41) is 0. The number of hydrogen-bond acceptors (Lipinski definition) is 5. The number of ether oxygens (including phenoxy) is 2. The fourth-order valence-corrected chi connectivity index (χ4v) is 2.23. The van der Waals surface area contributed by atoms with E-state index in [0.29, 0.717) is 17.2 Å². The number of carbonyl (C=O) groups excluding carboxylic acids is 1. The quantitative estimate of drug-likeness (QED) is 0.283. The Morgan fingerprint density at radius 2 is 2.11 bits per heavy atom. The lowest BCUT2D eigenvalue weighted by molar-refractivity contribution is 0.0424. The Morgan fingerprint density at radius 1 is 1.36 bits per heavy atom. The van der Waals surface area contributed by atoms with Crippen LogP contribution in [0.1, 0.15) is 35.5 Å². The van der Waals surface area contributed by atoms with Crippen LogP contribution in [0, 0.1) is 13.8 Å². The molecule has 0 radical (unpaired) electrons. The minimum Gasteiger partial charge on any atom is -0.455 e. The summed E-state index contributed by atoms with van der Waals surface area (Å²) in [6.07, 6.45) is 2.99. The number of pyridine rings is 1. The Morgan fingerprint density at radius 3 is 2.79 bits per heavy atom. The van der Waals surface area contributed by atoms with Crippen molar-refractivity contribution < 1.29 is 14.3 Å². The molecule has 1 atom stereocenters. The van der Waals surface area contributed by atoms with Gasteiger partial charge in [0.05, 0.1) is 23.3 Å². The minimum absolute atomic E-state index is 0.358. The molecule has 6 nitrogen and oxygen atoms in total. The van der Waals surface area contributed by atoms with E-state index >= 15 is 0 Å². The molecule has 6 heteroatoms. The normalized spacial score (nSPS) is 11.9. The second-order valence-corrected chi connectivity index (χ2v) is 6.51. The zero-order valence-corrected chi connectivity index (χ0v) is 17.1. The highest BCUT2D eigenvalue weighted by Crippen LogP contribution is 2.28. The van der Waals surface area contributed by atoms with Gasteiger partial charge in [-0.3, -0.25) is 0 Å². The van der Waals surface area contributed by atoms with E-state index in [1.54, 1.807) is 43.6 Å². The van der Waals surface area contributed by atoms with Crippen LogP contribution in [0.25, 0.3) is 0 Å². The molecule has 2 rings (SSSR count). The molecule has 0 amide bonds. The summed E-state index contributed by atoms with van der Waals surface area (Å²) >= 11 is 0. The Bertz CT molecular complexity index is 877. The number of benzene rings is 1. The van der Waals surface area contributed by atoms with Gasteiger partial charge < -0.3 is 14.4 Å². The summed E-state index contributed by atoms with van der Waals surface area (Å²) in [6, 6.07) is 8.76. The standard InChI is InChI=1S/C22H27N3O3/c1-7-16(4)27-22(26)18-10-9-11-19(13-18)28-21-15(3)12-20(17(5)24-21)23-14-25(6)8-2/h7,9-14,16H,1,8H2,2-6H3. The van der Waals surface area contributed by atoms with E-state index in [1.807, 2.05) is 31.9 Å². The fourth-order valence-electron chi connectivity index (χ4n) is 2.23. The van der Waals surface area contributed by atoms with E-state index in [0.717, 1.165) is 23.5 Å². The van der Waals surface area contributed by atoms with Crippen molar-refractivity contribution >= 4 is 18.0 Å². The first-order valence-corrected chi connectivity index (χ1v) is 9.18. The van der Waals surface area contributed by atoms with Crippen molar-refractivity contribution in [2.75, 3.05) is 13.6 Å². The molecule has 148 valence electrons. The molecule has 0 N–H and O–H groups in total. The monoisotopic (exact) mass is 381 g/mol. The zero-order chi connectivity index (χ0) is 20.7. The number of rotatable bonds is 8. The van der Waals surface area contributed by atoms with Crippen LogP contribution in [0.2, 0.25) is 0 Å². The highest BCUT2D eigenvalue weighted by Gasteiger charge is 2.13. The van der Waals surface area contributed by atoms with E-state index in [9.17, 15) is 4.79 Å². The minimum atomic E-state index is -0.427. The molecule has 0 spiro atoms. The van der Waals surface area contributed by atoms with Gasteiger partial charge in [0, 0.05) is 19.2 Å². The molecule has 0 saturated carbocycles. The fraction of sp³-hybridized carbons (Fsp3) is 0.318. The Balaban J connectivity index is 2.20. The van der Waals surface area contributed by atoms with Crippen LogP contribution in [-0.4, -0.2) is 41.9 Å². The van der Waals surface area contributed by atoms with Crippen LogP contribution >= 0.6 is 0 Å². The first kappa shape index (κ1) is 21.2. The topological polar surface area (TPSA) is 64.0 Å². The molecule has 2 aromatic rings. The predicted octanol–water partition coefficient (Wildman–Crippen LogP) is 4.83. The lowest BCUT2D eigenvalue weighted by atomic mass is 10.2. The molecule has 0 bridgehead atoms. The van der Waals surface area contributed by atoms with Crippen LogP contribution in [0.3, 0.4) is 0 Å². The van der Waals surface area contributed by atoms with E-state index in [-0.39, 0.29) is 6.10 Å². The number of nitrogens with zero attached hydrogens (tertiary/aromatic N) is 3. The second-order valence-electron chi connectivity index (χ2n) is 6.51. The average molecular weight is 381 g/mol. The van der Waals surface area contributed by atoms with Gasteiger partial charge in [0.25, 0.3) is 0 Å². The van der Waals surface area contributed by atoms with E-state index in [4.69, 9.17) is 9.47 Å². The third-order valence-electron chi connectivity index (χ3n) is 4.13. The summed E-state index contributed by atoms with van der Waals surface area (Å²) < 4.78 is 11.2. The van der Waals surface area contributed by atoms with Crippen molar-refractivity contribution in [1.29, 1.82) is 0 Å². The molecule has 0 fully saturated rings. The average Bonchev–Trinajstić information content (AvgIpc) is 2.69. The number of carbonyl (C=O) groups is 1. The largest absolute Gasteiger partial charge is 0.455 e. The summed E-state index contributed by atoms with van der Waals surface area (Å²) in [4.78, 5) is 23.2. The van der Waals surface area contributed by atoms with Crippen molar-refractivity contribution in [2.24, 2.45) is 4.99 Å². The SMILES string of the molecule is C=CC(C)OC(=O)c1cccc(Oc2nc(C)c(N=CN(C)CC)cc2C)c1. The van der Waals surface area contributed by atoms with Gasteiger partial charge in [0.15, 0.2) is 0 Å². The van der Waals surface area contributed by atoms with Gasteiger partial charge in [-0.2, -0.15) is 0 Å². The highest BCUT2D eigenvalue weighted by molar-refractivity contribution is 5.90. The second kappa shape index (κ2) is 9.69. The smallest absolute Gasteiger partial charge is 0.338 e. The van der Waals surface area contributed by atoms with Crippen molar-refractivity contribution in [1.82, 2.24) is 9.88 Å². The number of aryl methyl sites for hydroxylation is 2. The lowest BCUT2D eigenvalue weighted by Crippen LogP contribution is -2.14. The number of aliphatic imine (C=N–C) groups is 1. The molecule has 1 aromatic heterocycles. The molecule has 0 saturated heterocycles. The maximum absolute atomic E-state index is 12.2. The number of hydrogen-bond donors (Lipinski definition) is 0. The first-order chi connectivity index (χ1) is 13.3. The maximum Gasteiger partial charge on any atom is 0.338 e. The Kier molecular flexibility index (Phi) is 7.32. The predicted molar refractivity (Wildman–Crippen MR) is 112 cm³/mol. The third-order valence-corrected chi connectivity index (χ3v) is 4.13. The molecule has 0 aliphatic carbocycles. The van der Waals surface area contributed by atoms with E-state index in [1.165, 1.54) is 0 Å². The van der Waals surface area contributed by atoms with Gasteiger partial charge >= 0.3 is 5.97 Å². The lowest BCUT2D eigenvalue weighted by Gasteiger charge is -2.13. The molecule has 0 aliphatic heterocycles. The number of aromatic nitrogens is 1. The summed E-state index contributed by atoms with van der Waals surface area (Å²) in [5.74, 6) is 0.561. The molecular formula is C22H27N3O3. The Hall–Kier alpha value is -3.15. The molecule has 0 aliphatic rings. The van der Waals surface area contributed by atoms with Crippen LogP contribution in [0.15, 0.2) is 48.0 Å². The van der Waals surface area contributed by atoms with Crippen LogP contribution < -0.4 is 4.74 Å². The molecule has 1 heterocycles. The van der Waals surface area contributed by atoms with Gasteiger partial charge in [-0.05, 0) is 52.0 Å².